The van der Waals surface area contributed by atoms with Crippen LogP contribution >= 0.6 is 11.6 Å². The zero-order valence-electron chi connectivity index (χ0n) is 8.96. The van der Waals surface area contributed by atoms with Gasteiger partial charge in [-0.25, -0.2) is 4.39 Å². The van der Waals surface area contributed by atoms with Crippen LogP contribution in [0.4, 0.5) is 4.39 Å². The first kappa shape index (κ1) is 12.8. The molecule has 0 aliphatic rings. The second-order valence-corrected chi connectivity index (χ2v) is 3.91. The summed E-state index contributed by atoms with van der Waals surface area (Å²) >= 11 is 5.84. The van der Waals surface area contributed by atoms with Crippen LogP contribution in [0, 0.1) is 5.82 Å². The van der Waals surface area contributed by atoms with E-state index in [9.17, 15) is 9.18 Å². The second kappa shape index (κ2) is 5.16. The van der Waals surface area contributed by atoms with Gasteiger partial charge in [-0.1, -0.05) is 18.5 Å². The minimum atomic E-state index is -0.973. The average molecular weight is 247 g/mol. The van der Waals surface area contributed by atoms with Gasteiger partial charge in [-0.2, -0.15) is 0 Å². The molecule has 0 bridgehead atoms. The van der Waals surface area contributed by atoms with E-state index in [2.05, 4.69) is 0 Å². The monoisotopic (exact) mass is 246 g/mol. The summed E-state index contributed by atoms with van der Waals surface area (Å²) in [6.07, 6.45) is -0.139. The summed E-state index contributed by atoms with van der Waals surface area (Å²) < 4.78 is 18.4. The molecule has 0 spiro atoms. The first-order valence-electron chi connectivity index (χ1n) is 4.70. The number of aliphatic carboxylic acids is 1. The molecule has 0 heterocycles. The Labute approximate surface area is 97.8 Å². The highest BCUT2D eigenvalue weighted by Crippen LogP contribution is 2.32. The molecule has 1 aromatic rings. The van der Waals surface area contributed by atoms with E-state index in [4.69, 9.17) is 21.4 Å². The van der Waals surface area contributed by atoms with E-state index in [1.807, 2.05) is 0 Å². The molecule has 88 valence electrons. The summed E-state index contributed by atoms with van der Waals surface area (Å²) in [6.45, 7) is 1.63. The van der Waals surface area contributed by atoms with E-state index in [0.29, 0.717) is 0 Å². The minimum absolute atomic E-state index is 0.139. The summed E-state index contributed by atoms with van der Waals surface area (Å²) in [5.41, 5.74) is 0.285. The maximum Gasteiger partial charge on any atom is 0.303 e. The standard InChI is InChI=1S/C11H12ClFO3/c1-6(3-11(14)15)7-4-8(12)10(16-2)5-9(7)13/h4-6H,3H2,1-2H3,(H,14,15). The van der Waals surface area contributed by atoms with E-state index in [0.717, 1.165) is 6.07 Å². The number of carbonyl (C=O) groups is 1. The molecule has 1 unspecified atom stereocenters. The van der Waals surface area contributed by atoms with Crippen LogP contribution < -0.4 is 4.74 Å². The smallest absolute Gasteiger partial charge is 0.303 e. The fraction of sp³-hybridized carbons (Fsp3) is 0.364. The Hall–Kier alpha value is -1.29. The molecule has 0 saturated heterocycles. The fourth-order valence-corrected chi connectivity index (χ4v) is 1.70. The van der Waals surface area contributed by atoms with E-state index in [1.165, 1.54) is 13.2 Å². The van der Waals surface area contributed by atoms with Crippen LogP contribution in [0.3, 0.4) is 0 Å². The Morgan fingerprint density at radius 1 is 1.62 bits per heavy atom. The van der Waals surface area contributed by atoms with Gasteiger partial charge in [0, 0.05) is 6.07 Å². The Kier molecular flexibility index (Phi) is 4.12. The number of methoxy groups -OCH3 is 1. The van der Waals surface area contributed by atoms with Gasteiger partial charge in [0.25, 0.3) is 0 Å². The predicted octanol–water partition coefficient (Wildman–Crippen LogP) is 3.07. The SMILES string of the molecule is COc1cc(F)c(C(C)CC(=O)O)cc1Cl. The number of carboxylic acids is 1. The van der Waals surface area contributed by atoms with Crippen molar-refractivity contribution in [2.24, 2.45) is 0 Å². The first-order valence-corrected chi connectivity index (χ1v) is 5.08. The molecule has 3 nitrogen and oxygen atoms in total. The quantitative estimate of drug-likeness (QED) is 0.888. The van der Waals surface area contributed by atoms with Gasteiger partial charge in [0.15, 0.2) is 0 Å². The summed E-state index contributed by atoms with van der Waals surface area (Å²) in [5.74, 6) is -1.67. The third-order valence-corrected chi connectivity index (χ3v) is 2.58. The van der Waals surface area contributed by atoms with Crippen molar-refractivity contribution in [3.63, 3.8) is 0 Å². The summed E-state index contributed by atoms with van der Waals surface area (Å²) in [7, 11) is 1.39. The van der Waals surface area contributed by atoms with Gasteiger partial charge in [-0.15, -0.1) is 0 Å². The van der Waals surface area contributed by atoms with Crippen LogP contribution in [0.25, 0.3) is 0 Å². The van der Waals surface area contributed by atoms with Crippen LogP contribution in [0.15, 0.2) is 12.1 Å². The van der Waals surface area contributed by atoms with Crippen molar-refractivity contribution < 1.29 is 19.0 Å². The number of rotatable bonds is 4. The highest BCUT2D eigenvalue weighted by Gasteiger charge is 2.17. The van der Waals surface area contributed by atoms with Crippen molar-refractivity contribution in [3.05, 3.63) is 28.5 Å². The molecule has 0 radical (unpaired) electrons. The number of hydrogen-bond acceptors (Lipinski definition) is 2. The van der Waals surface area contributed by atoms with Crippen molar-refractivity contribution in [2.75, 3.05) is 7.11 Å². The Morgan fingerprint density at radius 2 is 2.25 bits per heavy atom. The molecule has 0 aromatic heterocycles. The number of carboxylic acid groups (broad SMARTS) is 1. The molecule has 5 heteroatoms. The average Bonchev–Trinajstić information content (AvgIpc) is 2.19. The van der Waals surface area contributed by atoms with Crippen molar-refractivity contribution in [3.8, 4) is 5.75 Å². The molecule has 0 aliphatic heterocycles. The van der Waals surface area contributed by atoms with Gasteiger partial charge >= 0.3 is 5.97 Å². The maximum absolute atomic E-state index is 13.6. The van der Waals surface area contributed by atoms with Crippen LogP contribution in [-0.4, -0.2) is 18.2 Å². The lowest BCUT2D eigenvalue weighted by atomic mass is 9.97. The summed E-state index contributed by atoms with van der Waals surface area (Å²) in [4.78, 5) is 10.5. The normalized spacial score (nSPS) is 12.2. The zero-order chi connectivity index (χ0) is 12.3. The largest absolute Gasteiger partial charge is 0.495 e. The molecular formula is C11H12ClFO3. The highest BCUT2D eigenvalue weighted by atomic mass is 35.5. The molecule has 1 atom stereocenters. The number of ether oxygens (including phenoxy) is 1. The maximum atomic E-state index is 13.6. The Morgan fingerprint density at radius 3 is 2.75 bits per heavy atom. The van der Waals surface area contributed by atoms with Crippen molar-refractivity contribution >= 4 is 17.6 Å². The molecule has 16 heavy (non-hydrogen) atoms. The van der Waals surface area contributed by atoms with Gasteiger partial charge in [-0.05, 0) is 17.5 Å². The number of hydrogen-bond donors (Lipinski definition) is 1. The van der Waals surface area contributed by atoms with Gasteiger partial charge in [0.2, 0.25) is 0 Å². The van der Waals surface area contributed by atoms with Gasteiger partial charge < -0.3 is 9.84 Å². The molecule has 1 rings (SSSR count). The second-order valence-electron chi connectivity index (χ2n) is 3.51. The van der Waals surface area contributed by atoms with Gasteiger partial charge in [0.05, 0.1) is 18.6 Å². The molecule has 1 aromatic carbocycles. The molecule has 0 saturated carbocycles. The predicted molar refractivity (Wildman–Crippen MR) is 58.6 cm³/mol. The topological polar surface area (TPSA) is 46.5 Å². The molecule has 0 aliphatic carbocycles. The van der Waals surface area contributed by atoms with Crippen molar-refractivity contribution in [1.82, 2.24) is 0 Å². The van der Waals surface area contributed by atoms with E-state index >= 15 is 0 Å². The number of benzene rings is 1. The lowest BCUT2D eigenvalue weighted by Crippen LogP contribution is -2.05. The lowest BCUT2D eigenvalue weighted by Gasteiger charge is -2.12. The van der Waals surface area contributed by atoms with Gasteiger partial charge in [-0.3, -0.25) is 4.79 Å². The Bertz CT molecular complexity index is 406. The Balaban J connectivity index is 3.05. The third kappa shape index (κ3) is 2.85. The summed E-state index contributed by atoms with van der Waals surface area (Å²) in [6, 6.07) is 2.57. The molecule has 0 amide bonds. The molecule has 1 N–H and O–H groups in total. The first-order chi connectivity index (χ1) is 7.45. The molecular weight excluding hydrogens is 235 g/mol. The van der Waals surface area contributed by atoms with Crippen molar-refractivity contribution in [1.29, 1.82) is 0 Å². The third-order valence-electron chi connectivity index (χ3n) is 2.28. The van der Waals surface area contributed by atoms with Crippen molar-refractivity contribution in [2.45, 2.75) is 19.3 Å². The zero-order valence-corrected chi connectivity index (χ0v) is 9.71. The van der Waals surface area contributed by atoms with E-state index in [-0.39, 0.29) is 22.8 Å². The molecule has 0 fully saturated rings. The van der Waals surface area contributed by atoms with E-state index < -0.39 is 17.7 Å². The minimum Gasteiger partial charge on any atom is -0.495 e. The van der Waals surface area contributed by atoms with E-state index in [1.54, 1.807) is 6.92 Å². The highest BCUT2D eigenvalue weighted by molar-refractivity contribution is 6.32. The fourth-order valence-electron chi connectivity index (χ4n) is 1.45. The van der Waals surface area contributed by atoms with Crippen LogP contribution in [0.2, 0.25) is 5.02 Å². The van der Waals surface area contributed by atoms with Crippen LogP contribution in [0.1, 0.15) is 24.8 Å². The van der Waals surface area contributed by atoms with Crippen LogP contribution in [0.5, 0.6) is 5.75 Å². The van der Waals surface area contributed by atoms with Gasteiger partial charge in [0.1, 0.15) is 11.6 Å². The summed E-state index contributed by atoms with van der Waals surface area (Å²) in [5, 5.41) is 8.90. The lowest BCUT2D eigenvalue weighted by molar-refractivity contribution is -0.137. The number of halogens is 2. The van der Waals surface area contributed by atoms with Crippen LogP contribution in [-0.2, 0) is 4.79 Å².